The van der Waals surface area contributed by atoms with Crippen LogP contribution in [0.1, 0.15) is 78.0 Å². The second-order valence-corrected chi connectivity index (χ2v) is 13.5. The molecule has 0 aliphatic heterocycles. The fraction of sp³-hybridized carbons (Fsp3) is 0.361. The molecule has 1 fully saturated rings. The van der Waals surface area contributed by atoms with E-state index in [2.05, 4.69) is 44.8 Å². The fourth-order valence-corrected chi connectivity index (χ4v) is 6.57. The number of pyridine rings is 1. The average Bonchev–Trinajstić information content (AvgIpc) is 3.68. The standard InChI is InChI=1S/C36H40N2O4S/c1-6-28-17-18-29(43-28)22-33(35(40)41-5)38-34(39)32-20-24-11-14-27(42-26-15-12-25(13-16-26)36(2,3)4)21-30(24)31(37-32)19-23-9-7-8-10-23/h6,11-18,20-21,23,33H,1,7-10,19,22H2,2-5H3,(H,38,39)/t33-/m0/s1. The molecular formula is C36H40N2O4S. The number of aromatic nitrogens is 1. The Kier molecular flexibility index (Phi) is 9.31. The first-order valence-corrected chi connectivity index (χ1v) is 15.8. The van der Waals surface area contributed by atoms with Crippen LogP contribution in [0.15, 0.2) is 67.2 Å². The monoisotopic (exact) mass is 596 g/mol. The molecule has 1 atom stereocenters. The van der Waals surface area contributed by atoms with Gasteiger partial charge >= 0.3 is 5.97 Å². The Morgan fingerprint density at radius 1 is 1.05 bits per heavy atom. The van der Waals surface area contributed by atoms with E-state index < -0.39 is 17.9 Å². The van der Waals surface area contributed by atoms with E-state index in [9.17, 15) is 9.59 Å². The van der Waals surface area contributed by atoms with Gasteiger partial charge in [-0.05, 0) is 71.2 Å². The van der Waals surface area contributed by atoms with E-state index in [1.807, 2.05) is 42.5 Å². The lowest BCUT2D eigenvalue weighted by atomic mass is 9.87. The van der Waals surface area contributed by atoms with E-state index in [1.54, 1.807) is 12.1 Å². The van der Waals surface area contributed by atoms with Crippen molar-refractivity contribution in [3.05, 3.63) is 93.9 Å². The van der Waals surface area contributed by atoms with Crippen molar-refractivity contribution in [3.63, 3.8) is 0 Å². The third kappa shape index (κ3) is 7.52. The number of thiophene rings is 1. The number of amides is 1. The molecule has 0 radical (unpaired) electrons. The Balaban J connectivity index is 1.42. The van der Waals surface area contributed by atoms with Crippen LogP contribution in [-0.4, -0.2) is 30.0 Å². The predicted molar refractivity (Wildman–Crippen MR) is 174 cm³/mol. The molecule has 43 heavy (non-hydrogen) atoms. The zero-order valence-corrected chi connectivity index (χ0v) is 26.3. The Morgan fingerprint density at radius 2 is 1.77 bits per heavy atom. The number of nitrogens with one attached hydrogen (secondary N) is 1. The van der Waals surface area contributed by atoms with Crippen LogP contribution in [0, 0.1) is 5.92 Å². The first kappa shape index (κ1) is 30.5. The van der Waals surface area contributed by atoms with Crippen molar-refractivity contribution >= 4 is 40.1 Å². The van der Waals surface area contributed by atoms with Crippen LogP contribution < -0.4 is 10.1 Å². The zero-order chi connectivity index (χ0) is 30.6. The SMILES string of the molecule is C=Cc1ccc(C[C@H](NC(=O)c2cc3ccc(Oc4ccc(C(C)(C)C)cc4)cc3c(CC3CCCC3)n2)C(=O)OC)s1. The molecule has 2 heterocycles. The Labute approximate surface area is 258 Å². The lowest BCUT2D eigenvalue weighted by Crippen LogP contribution is -2.43. The second kappa shape index (κ2) is 13.1. The summed E-state index contributed by atoms with van der Waals surface area (Å²) < 4.78 is 11.3. The Bertz CT molecular complexity index is 1610. The van der Waals surface area contributed by atoms with Gasteiger partial charge in [0.2, 0.25) is 0 Å². The first-order valence-electron chi connectivity index (χ1n) is 14.9. The van der Waals surface area contributed by atoms with E-state index in [0.29, 0.717) is 18.0 Å². The first-order chi connectivity index (χ1) is 20.6. The maximum Gasteiger partial charge on any atom is 0.328 e. The maximum absolute atomic E-state index is 13.5. The van der Waals surface area contributed by atoms with Crippen LogP contribution in [0.4, 0.5) is 0 Å². The van der Waals surface area contributed by atoms with Gasteiger partial charge in [-0.2, -0.15) is 0 Å². The van der Waals surface area contributed by atoms with Gasteiger partial charge in [-0.25, -0.2) is 9.78 Å². The summed E-state index contributed by atoms with van der Waals surface area (Å²) in [6.07, 6.45) is 7.65. The molecule has 1 aliphatic rings. The van der Waals surface area contributed by atoms with Gasteiger partial charge in [0.15, 0.2) is 0 Å². The van der Waals surface area contributed by atoms with Crippen LogP contribution in [0.25, 0.3) is 16.8 Å². The van der Waals surface area contributed by atoms with Gasteiger partial charge in [-0.3, -0.25) is 4.79 Å². The Hall–Kier alpha value is -3.97. The van der Waals surface area contributed by atoms with Crippen LogP contribution in [0.5, 0.6) is 11.5 Å². The highest BCUT2D eigenvalue weighted by Gasteiger charge is 2.25. The summed E-state index contributed by atoms with van der Waals surface area (Å²) in [7, 11) is 1.33. The van der Waals surface area contributed by atoms with Crippen LogP contribution in [0.2, 0.25) is 0 Å². The summed E-state index contributed by atoms with van der Waals surface area (Å²) >= 11 is 1.53. The molecule has 2 aromatic carbocycles. The van der Waals surface area contributed by atoms with Crippen molar-refractivity contribution in [2.45, 2.75) is 70.8 Å². The zero-order valence-electron chi connectivity index (χ0n) is 25.4. The van der Waals surface area contributed by atoms with Crippen molar-refractivity contribution in [2.75, 3.05) is 7.11 Å². The van der Waals surface area contributed by atoms with E-state index in [4.69, 9.17) is 14.5 Å². The van der Waals surface area contributed by atoms with Gasteiger partial charge in [0.05, 0.1) is 7.11 Å². The van der Waals surface area contributed by atoms with Gasteiger partial charge in [0.1, 0.15) is 23.2 Å². The van der Waals surface area contributed by atoms with E-state index in [0.717, 1.165) is 57.0 Å². The molecule has 0 unspecified atom stereocenters. The smallest absolute Gasteiger partial charge is 0.328 e. The largest absolute Gasteiger partial charge is 0.467 e. The lowest BCUT2D eigenvalue weighted by molar-refractivity contribution is -0.142. The summed E-state index contributed by atoms with van der Waals surface area (Å²) in [5, 5.41) is 4.77. The second-order valence-electron chi connectivity index (χ2n) is 12.3. The number of benzene rings is 2. The van der Waals surface area contributed by atoms with E-state index in [-0.39, 0.29) is 5.41 Å². The van der Waals surface area contributed by atoms with Crippen LogP contribution >= 0.6 is 11.3 Å². The van der Waals surface area contributed by atoms with Crippen molar-refractivity contribution in [3.8, 4) is 11.5 Å². The summed E-state index contributed by atoms with van der Waals surface area (Å²) in [5.41, 5.74) is 2.49. The molecule has 1 amide bonds. The quantitative estimate of drug-likeness (QED) is 0.186. The molecule has 5 rings (SSSR count). The summed E-state index contributed by atoms with van der Waals surface area (Å²) in [6, 6.07) is 19.0. The number of carbonyl (C=O) groups excluding carboxylic acids is 2. The highest BCUT2D eigenvalue weighted by Crippen LogP contribution is 2.33. The van der Waals surface area contributed by atoms with Crippen molar-refractivity contribution < 1.29 is 19.1 Å². The molecule has 1 saturated carbocycles. The maximum atomic E-state index is 13.5. The number of ether oxygens (including phenoxy) is 2. The third-order valence-corrected chi connectivity index (χ3v) is 9.21. The number of hydrogen-bond donors (Lipinski definition) is 1. The minimum absolute atomic E-state index is 0.0716. The molecular weight excluding hydrogens is 556 g/mol. The summed E-state index contributed by atoms with van der Waals surface area (Å²) in [4.78, 5) is 33.0. The molecule has 0 bridgehead atoms. The average molecular weight is 597 g/mol. The van der Waals surface area contributed by atoms with E-state index in [1.165, 1.54) is 36.9 Å². The number of esters is 1. The summed E-state index contributed by atoms with van der Waals surface area (Å²) in [6.45, 7) is 10.4. The summed E-state index contributed by atoms with van der Waals surface area (Å²) in [5.74, 6) is 1.14. The minimum Gasteiger partial charge on any atom is -0.467 e. The highest BCUT2D eigenvalue weighted by atomic mass is 32.1. The van der Waals surface area contributed by atoms with Gasteiger partial charge < -0.3 is 14.8 Å². The number of methoxy groups -OCH3 is 1. The Morgan fingerprint density at radius 3 is 2.42 bits per heavy atom. The van der Waals surface area contributed by atoms with Gasteiger partial charge in [-0.15, -0.1) is 11.3 Å². The van der Waals surface area contributed by atoms with Crippen LogP contribution in [0.3, 0.4) is 0 Å². The van der Waals surface area contributed by atoms with Gasteiger partial charge in [0.25, 0.3) is 5.91 Å². The molecule has 7 heteroatoms. The van der Waals surface area contributed by atoms with Gasteiger partial charge in [-0.1, -0.05) is 77.3 Å². The van der Waals surface area contributed by atoms with Crippen molar-refractivity contribution in [1.29, 1.82) is 0 Å². The molecule has 1 N–H and O–H groups in total. The molecule has 224 valence electrons. The third-order valence-electron chi connectivity index (χ3n) is 8.11. The lowest BCUT2D eigenvalue weighted by Gasteiger charge is -2.19. The van der Waals surface area contributed by atoms with E-state index >= 15 is 0 Å². The van der Waals surface area contributed by atoms with Crippen molar-refractivity contribution in [2.24, 2.45) is 5.92 Å². The highest BCUT2D eigenvalue weighted by molar-refractivity contribution is 7.12. The molecule has 0 saturated heterocycles. The molecule has 0 spiro atoms. The minimum atomic E-state index is -0.829. The number of rotatable bonds is 10. The fourth-order valence-electron chi connectivity index (χ4n) is 5.66. The normalized spacial score (nSPS) is 14.4. The van der Waals surface area contributed by atoms with Gasteiger partial charge in [0, 0.05) is 27.3 Å². The van der Waals surface area contributed by atoms with Crippen LogP contribution in [-0.2, 0) is 27.8 Å². The number of carbonyl (C=O) groups is 2. The molecule has 6 nitrogen and oxygen atoms in total. The number of fused-ring (bicyclic) bond motifs is 1. The molecule has 1 aliphatic carbocycles. The number of nitrogens with zero attached hydrogens (tertiary/aromatic N) is 1. The topological polar surface area (TPSA) is 77.5 Å². The predicted octanol–water partition coefficient (Wildman–Crippen LogP) is 8.28. The number of hydrogen-bond acceptors (Lipinski definition) is 6. The van der Waals surface area contributed by atoms with Crippen molar-refractivity contribution in [1.82, 2.24) is 10.3 Å². The molecule has 2 aromatic heterocycles. The molecule has 4 aromatic rings.